The van der Waals surface area contributed by atoms with Gasteiger partial charge in [-0.15, -0.1) is 0 Å². The van der Waals surface area contributed by atoms with Crippen molar-refractivity contribution in [1.82, 2.24) is 4.98 Å². The molecule has 24 heavy (non-hydrogen) atoms. The fourth-order valence-corrected chi connectivity index (χ4v) is 3.76. The van der Waals surface area contributed by atoms with Gasteiger partial charge in [-0.05, 0) is 60.0 Å². The summed E-state index contributed by atoms with van der Waals surface area (Å²) < 4.78 is 6.46. The fourth-order valence-electron chi connectivity index (χ4n) is 3.17. The van der Waals surface area contributed by atoms with Gasteiger partial charge in [0.25, 0.3) is 5.56 Å². The van der Waals surface area contributed by atoms with Crippen LogP contribution in [0, 0.1) is 13.8 Å². The number of fused-ring (bicyclic) bond motifs is 1. The van der Waals surface area contributed by atoms with E-state index >= 15 is 0 Å². The van der Waals surface area contributed by atoms with E-state index in [1.807, 2.05) is 32.0 Å². The summed E-state index contributed by atoms with van der Waals surface area (Å²) in [7, 11) is 0. The van der Waals surface area contributed by atoms with Crippen molar-refractivity contribution in [2.24, 2.45) is 0 Å². The fraction of sp³-hybridized carbons (Fsp3) is 0.368. The molecule has 1 aromatic carbocycles. The first-order valence-corrected chi connectivity index (χ1v) is 8.85. The molecule has 2 heterocycles. The highest BCUT2D eigenvalue weighted by molar-refractivity contribution is 9.10. The number of ether oxygens (including phenoxy) is 1. The molecular weight excluding hydrogens is 370 g/mol. The third-order valence-electron chi connectivity index (χ3n) is 4.50. The lowest BCUT2D eigenvalue weighted by Crippen LogP contribution is -2.17. The van der Waals surface area contributed by atoms with E-state index in [9.17, 15) is 9.59 Å². The van der Waals surface area contributed by atoms with Crippen LogP contribution >= 0.6 is 15.9 Å². The molecule has 3 rings (SSSR count). The number of ketones is 1. The van der Waals surface area contributed by atoms with Crippen LogP contribution in [0.2, 0.25) is 0 Å². The average Bonchev–Trinajstić information content (AvgIpc) is 2.88. The molecule has 0 aliphatic carbocycles. The number of carbonyl (C=O) groups is 1. The second-order valence-electron chi connectivity index (χ2n) is 6.45. The van der Waals surface area contributed by atoms with Gasteiger partial charge in [0.1, 0.15) is 5.75 Å². The van der Waals surface area contributed by atoms with Crippen LogP contribution in [-0.4, -0.2) is 17.4 Å². The highest BCUT2D eigenvalue weighted by atomic mass is 79.9. The second kappa shape index (κ2) is 6.55. The van der Waals surface area contributed by atoms with Crippen LogP contribution < -0.4 is 10.3 Å². The number of halogens is 1. The first kappa shape index (κ1) is 17.0. The van der Waals surface area contributed by atoms with E-state index in [4.69, 9.17) is 4.74 Å². The molecule has 1 aliphatic heterocycles. The Bertz CT molecular complexity index is 870. The molecule has 1 N–H and O–H groups in total. The SMILES string of the molecule is Cc1cc(C)c(CCC(=O)c2cc(Br)c3c(c2)C(C)CO3)c(=O)[nH]1. The number of Topliss-reactive ketones (excluding diaryl/α,β-unsaturated/α-hetero) is 1. The van der Waals surface area contributed by atoms with Crippen LogP contribution in [0.3, 0.4) is 0 Å². The number of pyridine rings is 1. The number of aromatic nitrogens is 1. The van der Waals surface area contributed by atoms with Gasteiger partial charge in [-0.1, -0.05) is 6.92 Å². The molecule has 0 amide bonds. The highest BCUT2D eigenvalue weighted by Crippen LogP contribution is 2.40. The molecule has 0 bridgehead atoms. The summed E-state index contributed by atoms with van der Waals surface area (Å²) in [4.78, 5) is 27.5. The normalized spacial score (nSPS) is 15.9. The zero-order chi connectivity index (χ0) is 17.4. The van der Waals surface area contributed by atoms with Crippen LogP contribution in [-0.2, 0) is 6.42 Å². The van der Waals surface area contributed by atoms with Crippen LogP contribution in [0.5, 0.6) is 5.75 Å². The zero-order valence-corrected chi connectivity index (χ0v) is 15.6. The number of rotatable bonds is 4. The minimum atomic E-state index is -0.0996. The van der Waals surface area contributed by atoms with Gasteiger partial charge in [-0.2, -0.15) is 0 Å². The molecule has 0 fully saturated rings. The predicted octanol–water partition coefficient (Wildman–Crippen LogP) is 4.07. The minimum absolute atomic E-state index is 0.0389. The lowest BCUT2D eigenvalue weighted by Gasteiger charge is -2.09. The first-order valence-electron chi connectivity index (χ1n) is 8.05. The Labute approximate surface area is 149 Å². The number of carbonyl (C=O) groups excluding carboxylic acids is 1. The monoisotopic (exact) mass is 389 g/mol. The average molecular weight is 390 g/mol. The van der Waals surface area contributed by atoms with Crippen molar-refractivity contribution < 1.29 is 9.53 Å². The number of hydrogen-bond acceptors (Lipinski definition) is 3. The van der Waals surface area contributed by atoms with E-state index in [1.165, 1.54) is 0 Å². The van der Waals surface area contributed by atoms with Crippen molar-refractivity contribution >= 4 is 21.7 Å². The first-order chi connectivity index (χ1) is 11.4. The number of aromatic amines is 1. The van der Waals surface area contributed by atoms with E-state index in [0.717, 1.165) is 27.0 Å². The molecular formula is C19H20BrNO3. The predicted molar refractivity (Wildman–Crippen MR) is 97.2 cm³/mol. The molecule has 1 unspecified atom stereocenters. The molecule has 0 radical (unpaired) electrons. The van der Waals surface area contributed by atoms with Gasteiger partial charge < -0.3 is 9.72 Å². The second-order valence-corrected chi connectivity index (χ2v) is 7.31. The minimum Gasteiger partial charge on any atom is -0.491 e. The van der Waals surface area contributed by atoms with Crippen LogP contribution in [0.15, 0.2) is 27.5 Å². The molecule has 1 aromatic heterocycles. The summed E-state index contributed by atoms with van der Waals surface area (Å²) >= 11 is 3.49. The molecule has 1 aliphatic rings. The van der Waals surface area contributed by atoms with Crippen molar-refractivity contribution in [2.45, 2.75) is 39.5 Å². The van der Waals surface area contributed by atoms with Crippen molar-refractivity contribution in [2.75, 3.05) is 6.61 Å². The smallest absolute Gasteiger partial charge is 0.251 e. The summed E-state index contributed by atoms with van der Waals surface area (Å²) in [6, 6.07) is 5.67. The maximum Gasteiger partial charge on any atom is 0.251 e. The third-order valence-corrected chi connectivity index (χ3v) is 5.09. The number of aryl methyl sites for hydroxylation is 2. The summed E-state index contributed by atoms with van der Waals surface area (Å²) in [6.45, 7) is 6.49. The lowest BCUT2D eigenvalue weighted by molar-refractivity contribution is 0.0982. The van der Waals surface area contributed by atoms with Gasteiger partial charge in [-0.3, -0.25) is 9.59 Å². The molecule has 2 aromatic rings. The van der Waals surface area contributed by atoms with E-state index in [0.29, 0.717) is 30.6 Å². The maximum atomic E-state index is 12.6. The number of benzene rings is 1. The van der Waals surface area contributed by atoms with Crippen LogP contribution in [0.4, 0.5) is 0 Å². The summed E-state index contributed by atoms with van der Waals surface area (Å²) in [5, 5.41) is 0. The maximum absolute atomic E-state index is 12.6. The molecule has 0 saturated heterocycles. The van der Waals surface area contributed by atoms with Crippen molar-refractivity contribution in [3.8, 4) is 5.75 Å². The summed E-state index contributed by atoms with van der Waals surface area (Å²) in [5.74, 6) is 1.16. The largest absolute Gasteiger partial charge is 0.491 e. The summed E-state index contributed by atoms with van der Waals surface area (Å²) in [6.07, 6.45) is 0.758. The Morgan fingerprint density at radius 2 is 2.08 bits per heavy atom. The van der Waals surface area contributed by atoms with E-state index < -0.39 is 0 Å². The standard InChI is InChI=1S/C19H20BrNO3/c1-10-6-12(3)21-19(23)14(10)4-5-17(22)13-7-15-11(2)9-24-18(15)16(20)8-13/h6-8,11H,4-5,9H2,1-3H3,(H,21,23). The van der Waals surface area contributed by atoms with E-state index in [-0.39, 0.29) is 17.3 Å². The van der Waals surface area contributed by atoms with Gasteiger partial charge in [0.05, 0.1) is 11.1 Å². The molecule has 0 saturated carbocycles. The van der Waals surface area contributed by atoms with Gasteiger partial charge in [-0.25, -0.2) is 0 Å². The zero-order valence-electron chi connectivity index (χ0n) is 14.0. The van der Waals surface area contributed by atoms with Gasteiger partial charge in [0.15, 0.2) is 5.78 Å². The Kier molecular flexibility index (Phi) is 4.63. The molecule has 1 atom stereocenters. The van der Waals surface area contributed by atoms with Gasteiger partial charge in [0, 0.05) is 34.7 Å². The topological polar surface area (TPSA) is 59.2 Å². The quantitative estimate of drug-likeness (QED) is 0.801. The van der Waals surface area contributed by atoms with Crippen LogP contribution in [0.25, 0.3) is 0 Å². The Morgan fingerprint density at radius 1 is 1.33 bits per heavy atom. The Hall–Kier alpha value is -1.88. The Balaban J connectivity index is 1.81. The van der Waals surface area contributed by atoms with Crippen molar-refractivity contribution in [3.63, 3.8) is 0 Å². The van der Waals surface area contributed by atoms with Crippen molar-refractivity contribution in [1.29, 1.82) is 0 Å². The van der Waals surface area contributed by atoms with E-state index in [2.05, 4.69) is 27.8 Å². The number of hydrogen-bond donors (Lipinski definition) is 1. The molecule has 0 spiro atoms. The van der Waals surface area contributed by atoms with E-state index in [1.54, 1.807) is 0 Å². The van der Waals surface area contributed by atoms with Gasteiger partial charge in [0.2, 0.25) is 0 Å². The Morgan fingerprint density at radius 3 is 2.79 bits per heavy atom. The molecule has 5 heteroatoms. The lowest BCUT2D eigenvalue weighted by atomic mass is 9.96. The third kappa shape index (κ3) is 3.18. The van der Waals surface area contributed by atoms with Gasteiger partial charge >= 0.3 is 0 Å². The number of nitrogens with one attached hydrogen (secondary N) is 1. The van der Waals surface area contributed by atoms with Crippen LogP contribution in [0.1, 0.15) is 52.0 Å². The van der Waals surface area contributed by atoms with Crippen molar-refractivity contribution in [3.05, 3.63) is 61.0 Å². The molecule has 4 nitrogen and oxygen atoms in total. The number of H-pyrrole nitrogens is 1. The summed E-state index contributed by atoms with van der Waals surface area (Å²) in [5.41, 5.74) is 4.09. The molecule has 126 valence electrons. The highest BCUT2D eigenvalue weighted by Gasteiger charge is 2.24.